The van der Waals surface area contributed by atoms with E-state index in [0.717, 1.165) is 44.0 Å². The Morgan fingerprint density at radius 2 is 1.68 bits per heavy atom. The smallest absolute Gasteiger partial charge is 0.180 e. The average Bonchev–Trinajstić information content (AvgIpc) is 3.41. The predicted octanol–water partition coefficient (Wildman–Crippen LogP) is 6.66. The molecule has 2 aromatic heterocycles. The zero-order chi connectivity index (χ0) is 25.7. The number of hydrogen-bond donors (Lipinski definition) is 1. The summed E-state index contributed by atoms with van der Waals surface area (Å²) in [5.41, 5.74) is 5.77. The first-order valence-corrected chi connectivity index (χ1v) is 14.2. The summed E-state index contributed by atoms with van der Waals surface area (Å²) in [6.45, 7) is 6.83. The molecule has 3 heterocycles. The van der Waals surface area contributed by atoms with Crippen LogP contribution in [0.5, 0.6) is 0 Å². The van der Waals surface area contributed by atoms with Crippen LogP contribution in [0.4, 0.5) is 0 Å². The van der Waals surface area contributed by atoms with Gasteiger partial charge in [0.2, 0.25) is 0 Å². The molecule has 0 saturated carbocycles. The highest BCUT2D eigenvalue weighted by Crippen LogP contribution is 2.28. The second-order valence-electron chi connectivity index (χ2n) is 10.3. The summed E-state index contributed by atoms with van der Waals surface area (Å²) >= 11 is 0. The molecular formula is C31H44ClN5O. The van der Waals surface area contributed by atoms with E-state index >= 15 is 0 Å². The van der Waals surface area contributed by atoms with Gasteiger partial charge in [0.05, 0.1) is 12.3 Å². The van der Waals surface area contributed by atoms with E-state index in [-0.39, 0.29) is 12.4 Å². The van der Waals surface area contributed by atoms with E-state index in [1.807, 2.05) is 6.92 Å². The maximum Gasteiger partial charge on any atom is 0.180 e. The van der Waals surface area contributed by atoms with Crippen LogP contribution in [0.1, 0.15) is 86.6 Å². The number of aromatic nitrogens is 4. The topological polar surface area (TPSA) is 72.8 Å². The lowest BCUT2D eigenvalue weighted by Gasteiger charge is -2.20. The molecule has 0 radical (unpaired) electrons. The summed E-state index contributed by atoms with van der Waals surface area (Å²) in [5.74, 6) is 1.14. The molecule has 7 heteroatoms. The van der Waals surface area contributed by atoms with E-state index in [1.165, 1.54) is 68.1 Å². The fourth-order valence-corrected chi connectivity index (χ4v) is 5.24. The number of rotatable bonds is 15. The number of ether oxygens (including phenoxy) is 1. The van der Waals surface area contributed by atoms with Crippen molar-refractivity contribution in [2.75, 3.05) is 19.8 Å². The Labute approximate surface area is 234 Å². The summed E-state index contributed by atoms with van der Waals surface area (Å²) < 4.78 is 6.14. The third kappa shape index (κ3) is 9.11. The predicted molar refractivity (Wildman–Crippen MR) is 157 cm³/mol. The molecular weight excluding hydrogens is 494 g/mol. The molecule has 0 amide bonds. The van der Waals surface area contributed by atoms with Crippen molar-refractivity contribution in [3.8, 4) is 11.5 Å². The van der Waals surface area contributed by atoms with Crippen LogP contribution in [0.3, 0.4) is 0 Å². The van der Waals surface area contributed by atoms with Crippen LogP contribution in [0.2, 0.25) is 0 Å². The highest BCUT2D eigenvalue weighted by Gasteiger charge is 2.28. The Balaban J connectivity index is 0.00000400. The van der Waals surface area contributed by atoms with Gasteiger partial charge in [-0.05, 0) is 74.4 Å². The number of aryl methyl sites for hydroxylation is 3. The standard InChI is InChI=1S/C31H43N5O.ClH/c1-3-4-5-6-7-8-11-25-13-15-26(16-14-25)28-17-20-32-30(28)23-37-21-9-12-27-22-29(36-35-24(27)2)31-33-18-10-19-34-31;/h10,13-16,18-19,22,28,30,32H,3-9,11-12,17,20-21,23H2,1-2H3;1H/t28-,30-;/m1./s1. The molecule has 0 spiro atoms. The van der Waals surface area contributed by atoms with Crippen LogP contribution >= 0.6 is 12.4 Å². The first kappa shape index (κ1) is 30.1. The Bertz CT molecular complexity index is 1060. The van der Waals surface area contributed by atoms with Gasteiger partial charge in [-0.1, -0.05) is 63.3 Å². The number of nitrogens with zero attached hydrogens (tertiary/aromatic N) is 4. The SMILES string of the molecule is CCCCCCCCc1ccc([C@H]2CCN[C@@H]2COCCCc2cc(-c3ncccn3)nnc2C)cc1.Cl. The summed E-state index contributed by atoms with van der Waals surface area (Å²) in [7, 11) is 0. The third-order valence-electron chi connectivity index (χ3n) is 7.48. The minimum Gasteiger partial charge on any atom is -0.380 e. The second kappa shape index (κ2) is 16.5. The van der Waals surface area contributed by atoms with Crippen LogP contribution in [0.25, 0.3) is 11.5 Å². The third-order valence-corrected chi connectivity index (χ3v) is 7.48. The van der Waals surface area contributed by atoms with Gasteiger partial charge >= 0.3 is 0 Å². The maximum atomic E-state index is 6.14. The number of hydrogen-bond acceptors (Lipinski definition) is 6. The van der Waals surface area contributed by atoms with Gasteiger partial charge in [0.1, 0.15) is 5.69 Å². The number of halogens is 1. The number of unbranched alkanes of at least 4 members (excludes halogenated alkanes) is 5. The second-order valence-corrected chi connectivity index (χ2v) is 10.3. The van der Waals surface area contributed by atoms with Crippen LogP contribution < -0.4 is 5.32 Å². The Kier molecular flexibility index (Phi) is 13.1. The molecule has 206 valence electrons. The average molecular weight is 538 g/mol. The molecule has 0 bridgehead atoms. The largest absolute Gasteiger partial charge is 0.380 e. The van der Waals surface area contributed by atoms with Crippen LogP contribution in [-0.4, -0.2) is 46.0 Å². The van der Waals surface area contributed by atoms with Crippen molar-refractivity contribution in [1.29, 1.82) is 0 Å². The molecule has 2 atom stereocenters. The molecule has 1 aliphatic heterocycles. The monoisotopic (exact) mass is 537 g/mol. The van der Waals surface area contributed by atoms with E-state index < -0.39 is 0 Å². The van der Waals surface area contributed by atoms with Crippen molar-refractivity contribution < 1.29 is 4.74 Å². The first-order valence-electron chi connectivity index (χ1n) is 14.2. The van der Waals surface area contributed by atoms with E-state index in [9.17, 15) is 0 Å². The minimum atomic E-state index is 0. The molecule has 1 aromatic carbocycles. The fraction of sp³-hybridized carbons (Fsp3) is 0.548. The molecule has 4 rings (SSSR count). The van der Waals surface area contributed by atoms with Crippen molar-refractivity contribution in [3.05, 3.63) is 71.2 Å². The van der Waals surface area contributed by atoms with Gasteiger partial charge in [-0.3, -0.25) is 0 Å². The van der Waals surface area contributed by atoms with Crippen molar-refractivity contribution in [1.82, 2.24) is 25.5 Å². The normalized spacial score (nSPS) is 16.9. The van der Waals surface area contributed by atoms with Crippen molar-refractivity contribution in [2.24, 2.45) is 0 Å². The summed E-state index contributed by atoms with van der Waals surface area (Å²) in [6, 6.07) is 13.6. The molecule has 6 nitrogen and oxygen atoms in total. The van der Waals surface area contributed by atoms with E-state index in [0.29, 0.717) is 17.8 Å². The lowest BCUT2D eigenvalue weighted by molar-refractivity contribution is 0.110. The highest BCUT2D eigenvalue weighted by molar-refractivity contribution is 5.85. The van der Waals surface area contributed by atoms with Gasteiger partial charge in [0.25, 0.3) is 0 Å². The summed E-state index contributed by atoms with van der Waals surface area (Å²) in [6.07, 6.45) is 15.8. The van der Waals surface area contributed by atoms with Crippen molar-refractivity contribution in [3.63, 3.8) is 0 Å². The number of benzene rings is 1. The van der Waals surface area contributed by atoms with Gasteiger partial charge in [-0.15, -0.1) is 17.5 Å². The van der Waals surface area contributed by atoms with Gasteiger partial charge in [-0.2, -0.15) is 5.10 Å². The molecule has 1 aliphatic rings. The van der Waals surface area contributed by atoms with Crippen molar-refractivity contribution >= 4 is 12.4 Å². The quantitative estimate of drug-likeness (QED) is 0.218. The van der Waals surface area contributed by atoms with Gasteiger partial charge < -0.3 is 10.1 Å². The first-order chi connectivity index (χ1) is 18.2. The summed E-state index contributed by atoms with van der Waals surface area (Å²) in [5, 5.41) is 12.2. The zero-order valence-electron chi connectivity index (χ0n) is 23.1. The van der Waals surface area contributed by atoms with Gasteiger partial charge in [0.15, 0.2) is 5.82 Å². The van der Waals surface area contributed by atoms with Crippen LogP contribution in [-0.2, 0) is 17.6 Å². The molecule has 1 N–H and O–H groups in total. The Morgan fingerprint density at radius 3 is 2.47 bits per heavy atom. The zero-order valence-corrected chi connectivity index (χ0v) is 23.9. The fourth-order valence-electron chi connectivity index (χ4n) is 5.24. The molecule has 0 unspecified atom stereocenters. The molecule has 1 fully saturated rings. The van der Waals surface area contributed by atoms with Crippen LogP contribution in [0.15, 0.2) is 48.8 Å². The lowest BCUT2D eigenvalue weighted by atomic mass is 9.91. The summed E-state index contributed by atoms with van der Waals surface area (Å²) in [4.78, 5) is 8.58. The van der Waals surface area contributed by atoms with E-state index in [2.05, 4.69) is 62.7 Å². The lowest BCUT2D eigenvalue weighted by Crippen LogP contribution is -2.31. The van der Waals surface area contributed by atoms with Crippen molar-refractivity contribution in [2.45, 2.75) is 90.0 Å². The maximum absolute atomic E-state index is 6.14. The molecule has 38 heavy (non-hydrogen) atoms. The Morgan fingerprint density at radius 1 is 0.921 bits per heavy atom. The highest BCUT2D eigenvalue weighted by atomic mass is 35.5. The van der Waals surface area contributed by atoms with Crippen LogP contribution in [0, 0.1) is 6.92 Å². The minimum absolute atomic E-state index is 0. The Hall–Kier alpha value is -2.41. The van der Waals surface area contributed by atoms with Gasteiger partial charge in [0, 0.05) is 31.0 Å². The van der Waals surface area contributed by atoms with E-state index in [1.54, 1.807) is 18.5 Å². The van der Waals surface area contributed by atoms with E-state index in [4.69, 9.17) is 4.74 Å². The number of nitrogens with one attached hydrogen (secondary N) is 1. The van der Waals surface area contributed by atoms with Gasteiger partial charge in [-0.25, -0.2) is 9.97 Å². The molecule has 3 aromatic rings. The molecule has 1 saturated heterocycles. The molecule has 0 aliphatic carbocycles.